The number of amides is 1. The average molecular weight is 292 g/mol. The van der Waals surface area contributed by atoms with Crippen LogP contribution in [0.5, 0.6) is 11.5 Å². The van der Waals surface area contributed by atoms with Gasteiger partial charge in [0.05, 0.1) is 12.5 Å². The van der Waals surface area contributed by atoms with Crippen molar-refractivity contribution in [2.24, 2.45) is 5.92 Å². The summed E-state index contributed by atoms with van der Waals surface area (Å²) in [6.07, 6.45) is 0. The van der Waals surface area contributed by atoms with Crippen molar-refractivity contribution in [1.29, 1.82) is 0 Å². The Hall–Kier alpha value is -1.79. The van der Waals surface area contributed by atoms with Crippen LogP contribution in [0.4, 0.5) is 0 Å². The van der Waals surface area contributed by atoms with Crippen LogP contribution >= 0.6 is 0 Å². The zero-order chi connectivity index (χ0) is 14.7. The van der Waals surface area contributed by atoms with E-state index in [1.165, 1.54) is 0 Å². The predicted molar refractivity (Wildman–Crippen MR) is 76.2 cm³/mol. The standard InChI is InChI=1S/C15H20N2O4/c1-19-5-4-17(15(18)12-7-16-8-12)9-11-2-3-13-14(6-11)21-10-20-13/h2-3,6,12,16H,4-5,7-10H2,1H3. The van der Waals surface area contributed by atoms with E-state index >= 15 is 0 Å². The molecular formula is C15H20N2O4. The van der Waals surface area contributed by atoms with Gasteiger partial charge in [-0.1, -0.05) is 6.07 Å². The summed E-state index contributed by atoms with van der Waals surface area (Å²) in [6, 6.07) is 5.80. The lowest BCUT2D eigenvalue weighted by atomic mass is 10.0. The molecule has 1 fully saturated rings. The molecule has 2 aliphatic heterocycles. The average Bonchev–Trinajstić information content (AvgIpc) is 2.88. The highest BCUT2D eigenvalue weighted by atomic mass is 16.7. The van der Waals surface area contributed by atoms with Crippen LogP contribution in [0.25, 0.3) is 0 Å². The summed E-state index contributed by atoms with van der Waals surface area (Å²) in [5.41, 5.74) is 1.04. The van der Waals surface area contributed by atoms with Gasteiger partial charge in [0.15, 0.2) is 11.5 Å². The van der Waals surface area contributed by atoms with E-state index in [2.05, 4.69) is 5.32 Å². The summed E-state index contributed by atoms with van der Waals surface area (Å²) in [7, 11) is 1.65. The molecule has 1 N–H and O–H groups in total. The number of hydrogen-bond acceptors (Lipinski definition) is 5. The highest BCUT2D eigenvalue weighted by molar-refractivity contribution is 5.80. The molecule has 0 unspecified atom stereocenters. The second-order valence-electron chi connectivity index (χ2n) is 5.30. The molecule has 21 heavy (non-hydrogen) atoms. The van der Waals surface area contributed by atoms with Crippen LogP contribution in [0.15, 0.2) is 18.2 Å². The van der Waals surface area contributed by atoms with Gasteiger partial charge >= 0.3 is 0 Å². The fourth-order valence-corrected chi connectivity index (χ4v) is 2.45. The molecular weight excluding hydrogens is 272 g/mol. The van der Waals surface area contributed by atoms with E-state index < -0.39 is 0 Å². The Morgan fingerprint density at radius 3 is 2.90 bits per heavy atom. The number of carbonyl (C=O) groups is 1. The normalized spacial score (nSPS) is 16.6. The molecule has 1 aromatic carbocycles. The summed E-state index contributed by atoms with van der Waals surface area (Å²) in [5, 5.41) is 3.14. The fraction of sp³-hybridized carbons (Fsp3) is 0.533. The van der Waals surface area contributed by atoms with Gasteiger partial charge in [-0.05, 0) is 17.7 Å². The van der Waals surface area contributed by atoms with Crippen LogP contribution in [0.3, 0.4) is 0 Å². The van der Waals surface area contributed by atoms with E-state index in [1.54, 1.807) is 7.11 Å². The minimum atomic E-state index is 0.0934. The van der Waals surface area contributed by atoms with E-state index in [9.17, 15) is 4.79 Å². The van der Waals surface area contributed by atoms with Crippen LogP contribution in [-0.2, 0) is 16.1 Å². The fourth-order valence-electron chi connectivity index (χ4n) is 2.45. The highest BCUT2D eigenvalue weighted by Gasteiger charge is 2.29. The Morgan fingerprint density at radius 2 is 2.19 bits per heavy atom. The molecule has 0 aliphatic carbocycles. The zero-order valence-corrected chi connectivity index (χ0v) is 12.1. The minimum Gasteiger partial charge on any atom is -0.454 e. The minimum absolute atomic E-state index is 0.0934. The molecule has 1 saturated heterocycles. The first-order valence-corrected chi connectivity index (χ1v) is 7.15. The quantitative estimate of drug-likeness (QED) is 0.832. The van der Waals surface area contributed by atoms with E-state index in [0.717, 1.165) is 30.2 Å². The van der Waals surface area contributed by atoms with Gasteiger partial charge < -0.3 is 24.4 Å². The van der Waals surface area contributed by atoms with E-state index in [1.807, 2.05) is 23.1 Å². The molecule has 0 aromatic heterocycles. The molecule has 0 atom stereocenters. The third-order valence-electron chi connectivity index (χ3n) is 3.82. The summed E-state index contributed by atoms with van der Waals surface area (Å²) in [6.45, 7) is 3.50. The molecule has 2 aliphatic rings. The molecule has 0 saturated carbocycles. The van der Waals surface area contributed by atoms with Crippen molar-refractivity contribution in [3.8, 4) is 11.5 Å². The van der Waals surface area contributed by atoms with E-state index in [4.69, 9.17) is 14.2 Å². The van der Waals surface area contributed by atoms with Crippen molar-refractivity contribution in [3.63, 3.8) is 0 Å². The topological polar surface area (TPSA) is 60.0 Å². The Balaban J connectivity index is 1.69. The molecule has 114 valence electrons. The van der Waals surface area contributed by atoms with Gasteiger partial charge in [0.25, 0.3) is 0 Å². The van der Waals surface area contributed by atoms with Crippen molar-refractivity contribution in [2.45, 2.75) is 6.54 Å². The van der Waals surface area contributed by atoms with Crippen molar-refractivity contribution >= 4 is 5.91 Å². The number of benzene rings is 1. The number of nitrogens with zero attached hydrogens (tertiary/aromatic N) is 1. The Kier molecular flexibility index (Phi) is 4.26. The molecule has 0 bridgehead atoms. The second-order valence-corrected chi connectivity index (χ2v) is 5.30. The number of rotatable bonds is 6. The first kappa shape index (κ1) is 14.2. The molecule has 0 spiro atoms. The lowest BCUT2D eigenvalue weighted by Gasteiger charge is -2.32. The van der Waals surface area contributed by atoms with Gasteiger partial charge in [0, 0.05) is 33.3 Å². The Morgan fingerprint density at radius 1 is 1.38 bits per heavy atom. The third-order valence-corrected chi connectivity index (χ3v) is 3.82. The van der Waals surface area contributed by atoms with Gasteiger partial charge in [-0.2, -0.15) is 0 Å². The Labute approximate surface area is 124 Å². The number of ether oxygens (including phenoxy) is 3. The largest absolute Gasteiger partial charge is 0.454 e. The maximum Gasteiger partial charge on any atom is 0.231 e. The smallest absolute Gasteiger partial charge is 0.231 e. The molecule has 1 aromatic rings. The third kappa shape index (κ3) is 3.11. The summed E-state index contributed by atoms with van der Waals surface area (Å²) in [5.74, 6) is 1.79. The maximum absolute atomic E-state index is 12.4. The lowest BCUT2D eigenvalue weighted by Crippen LogP contribution is -2.52. The lowest BCUT2D eigenvalue weighted by molar-refractivity contribution is -0.138. The maximum atomic E-state index is 12.4. The molecule has 0 radical (unpaired) electrons. The Bertz CT molecular complexity index is 516. The number of carbonyl (C=O) groups excluding carboxylic acids is 1. The molecule has 2 heterocycles. The molecule has 6 heteroatoms. The van der Waals surface area contributed by atoms with Crippen molar-refractivity contribution in [3.05, 3.63) is 23.8 Å². The highest BCUT2D eigenvalue weighted by Crippen LogP contribution is 2.32. The zero-order valence-electron chi connectivity index (χ0n) is 12.1. The summed E-state index contributed by atoms with van der Waals surface area (Å²) in [4.78, 5) is 14.3. The molecule has 3 rings (SSSR count). The number of fused-ring (bicyclic) bond motifs is 1. The van der Waals surface area contributed by atoms with Crippen LogP contribution in [0, 0.1) is 5.92 Å². The first-order valence-electron chi connectivity index (χ1n) is 7.15. The second kappa shape index (κ2) is 6.32. The van der Waals surface area contributed by atoms with Crippen molar-refractivity contribution in [2.75, 3.05) is 40.1 Å². The molecule has 6 nitrogen and oxygen atoms in total. The number of methoxy groups -OCH3 is 1. The van der Waals surface area contributed by atoms with Crippen molar-refractivity contribution < 1.29 is 19.0 Å². The summed E-state index contributed by atoms with van der Waals surface area (Å²) < 4.78 is 15.8. The first-order chi connectivity index (χ1) is 10.3. The van der Waals surface area contributed by atoms with E-state index in [0.29, 0.717) is 19.7 Å². The van der Waals surface area contributed by atoms with Gasteiger partial charge in [0.1, 0.15) is 0 Å². The SMILES string of the molecule is COCCN(Cc1ccc2c(c1)OCO2)C(=O)C1CNC1. The number of hydrogen-bond donors (Lipinski definition) is 1. The van der Waals surface area contributed by atoms with Crippen LogP contribution in [0.1, 0.15) is 5.56 Å². The van der Waals surface area contributed by atoms with Gasteiger partial charge in [0.2, 0.25) is 12.7 Å². The monoisotopic (exact) mass is 292 g/mol. The van der Waals surface area contributed by atoms with Crippen molar-refractivity contribution in [1.82, 2.24) is 10.2 Å². The summed E-state index contributed by atoms with van der Waals surface area (Å²) >= 11 is 0. The van der Waals surface area contributed by atoms with Gasteiger partial charge in [-0.25, -0.2) is 0 Å². The van der Waals surface area contributed by atoms with Gasteiger partial charge in [-0.3, -0.25) is 4.79 Å². The van der Waals surface area contributed by atoms with Crippen LogP contribution in [0.2, 0.25) is 0 Å². The van der Waals surface area contributed by atoms with E-state index in [-0.39, 0.29) is 18.6 Å². The van der Waals surface area contributed by atoms with Gasteiger partial charge in [-0.15, -0.1) is 0 Å². The van der Waals surface area contributed by atoms with Crippen LogP contribution < -0.4 is 14.8 Å². The number of nitrogens with one attached hydrogen (secondary N) is 1. The predicted octanol–water partition coefficient (Wildman–Crippen LogP) is 0.610. The van der Waals surface area contributed by atoms with Crippen LogP contribution in [-0.4, -0.2) is 51.0 Å². The molecule has 1 amide bonds.